The van der Waals surface area contributed by atoms with Gasteiger partial charge in [0.05, 0.1) is 6.10 Å². The number of aromatic nitrogens is 1. The van der Waals surface area contributed by atoms with Crippen LogP contribution in [0.4, 0.5) is 5.82 Å². The summed E-state index contributed by atoms with van der Waals surface area (Å²) < 4.78 is 0. The van der Waals surface area contributed by atoms with Gasteiger partial charge in [0.2, 0.25) is 0 Å². The van der Waals surface area contributed by atoms with E-state index in [-0.39, 0.29) is 0 Å². The van der Waals surface area contributed by atoms with Crippen LogP contribution in [0.1, 0.15) is 31.9 Å². The predicted molar refractivity (Wildman–Crippen MR) is 65.5 cm³/mol. The fraction of sp³-hybridized carbons (Fsp3) is 0.462. The molecule has 1 N–H and O–H groups in total. The van der Waals surface area contributed by atoms with Gasteiger partial charge in [-0.2, -0.15) is 0 Å². The molecule has 1 atom stereocenters. The number of hydrogen-bond donors (Lipinski definition) is 1. The highest BCUT2D eigenvalue weighted by molar-refractivity contribution is 5.42. The Hall–Kier alpha value is -1.35. The third-order valence-corrected chi connectivity index (χ3v) is 3.01. The molecule has 0 fully saturated rings. The monoisotopic (exact) mass is 218 g/mol. The third-order valence-electron chi connectivity index (χ3n) is 3.01. The van der Waals surface area contributed by atoms with Crippen LogP contribution in [-0.2, 0) is 0 Å². The van der Waals surface area contributed by atoms with Crippen molar-refractivity contribution in [3.8, 4) is 0 Å². The summed E-state index contributed by atoms with van der Waals surface area (Å²) in [6.07, 6.45) is 4.67. The SMILES string of the molecule is CC1=CCN(c2ccc(C(C)O)cn2)CC1. The van der Waals surface area contributed by atoms with Gasteiger partial charge in [0, 0.05) is 19.3 Å². The van der Waals surface area contributed by atoms with Gasteiger partial charge in [-0.25, -0.2) is 4.98 Å². The third kappa shape index (κ3) is 2.42. The van der Waals surface area contributed by atoms with Gasteiger partial charge in [-0.1, -0.05) is 17.7 Å². The molecule has 0 aliphatic carbocycles. The molecule has 86 valence electrons. The number of aliphatic hydroxyl groups excluding tert-OH is 1. The Bertz CT molecular complexity index is 381. The average molecular weight is 218 g/mol. The summed E-state index contributed by atoms with van der Waals surface area (Å²) in [4.78, 5) is 6.63. The van der Waals surface area contributed by atoms with Crippen molar-refractivity contribution in [2.45, 2.75) is 26.4 Å². The molecule has 1 aliphatic heterocycles. The normalized spacial score (nSPS) is 18.2. The molecule has 16 heavy (non-hydrogen) atoms. The van der Waals surface area contributed by atoms with Crippen LogP contribution in [0.2, 0.25) is 0 Å². The molecule has 1 aromatic heterocycles. The van der Waals surface area contributed by atoms with Crippen molar-refractivity contribution >= 4 is 5.82 Å². The van der Waals surface area contributed by atoms with Gasteiger partial charge in [0.1, 0.15) is 5.82 Å². The molecule has 1 unspecified atom stereocenters. The highest BCUT2D eigenvalue weighted by Crippen LogP contribution is 2.19. The molecule has 0 amide bonds. The lowest BCUT2D eigenvalue weighted by Gasteiger charge is -2.26. The molecular formula is C13H18N2O. The van der Waals surface area contributed by atoms with Crippen molar-refractivity contribution in [2.75, 3.05) is 18.0 Å². The fourth-order valence-electron chi connectivity index (χ4n) is 1.81. The summed E-state index contributed by atoms with van der Waals surface area (Å²) in [5.74, 6) is 0.994. The summed E-state index contributed by atoms with van der Waals surface area (Å²) in [7, 11) is 0. The largest absolute Gasteiger partial charge is 0.389 e. The molecule has 0 spiro atoms. The van der Waals surface area contributed by atoms with E-state index in [1.54, 1.807) is 13.1 Å². The molecule has 2 heterocycles. The van der Waals surface area contributed by atoms with Crippen LogP contribution in [0.5, 0.6) is 0 Å². The molecule has 3 nitrogen and oxygen atoms in total. The predicted octanol–water partition coefficient (Wildman–Crippen LogP) is 2.29. The first kappa shape index (κ1) is 11.1. The first-order chi connectivity index (χ1) is 7.66. The molecule has 0 aromatic carbocycles. The topological polar surface area (TPSA) is 36.4 Å². The number of pyridine rings is 1. The summed E-state index contributed by atoms with van der Waals surface area (Å²) >= 11 is 0. The van der Waals surface area contributed by atoms with E-state index in [4.69, 9.17) is 0 Å². The zero-order chi connectivity index (χ0) is 11.5. The van der Waals surface area contributed by atoms with Gasteiger partial charge in [0.25, 0.3) is 0 Å². The van der Waals surface area contributed by atoms with E-state index in [1.807, 2.05) is 12.1 Å². The first-order valence-corrected chi connectivity index (χ1v) is 5.71. The van der Waals surface area contributed by atoms with Crippen LogP contribution < -0.4 is 4.90 Å². The Morgan fingerprint density at radius 3 is 2.75 bits per heavy atom. The second-order valence-corrected chi connectivity index (χ2v) is 4.37. The average Bonchev–Trinajstić information content (AvgIpc) is 2.30. The van der Waals surface area contributed by atoms with Crippen LogP contribution in [0.3, 0.4) is 0 Å². The smallest absolute Gasteiger partial charge is 0.128 e. The molecular weight excluding hydrogens is 200 g/mol. The van der Waals surface area contributed by atoms with E-state index in [9.17, 15) is 5.11 Å². The summed E-state index contributed by atoms with van der Waals surface area (Å²) in [5, 5.41) is 9.40. The first-order valence-electron chi connectivity index (χ1n) is 5.71. The van der Waals surface area contributed by atoms with Crippen LogP contribution in [0.25, 0.3) is 0 Å². The minimum Gasteiger partial charge on any atom is -0.389 e. The second kappa shape index (κ2) is 4.66. The van der Waals surface area contributed by atoms with Crippen LogP contribution in [0, 0.1) is 0 Å². The van der Waals surface area contributed by atoms with Crippen molar-refractivity contribution < 1.29 is 5.11 Å². The van der Waals surface area contributed by atoms with Gasteiger partial charge in [-0.3, -0.25) is 0 Å². The van der Waals surface area contributed by atoms with Crippen molar-refractivity contribution in [3.05, 3.63) is 35.5 Å². The lowest BCUT2D eigenvalue weighted by atomic mass is 10.1. The molecule has 0 saturated carbocycles. The Morgan fingerprint density at radius 1 is 1.44 bits per heavy atom. The maximum atomic E-state index is 9.40. The second-order valence-electron chi connectivity index (χ2n) is 4.37. The maximum Gasteiger partial charge on any atom is 0.128 e. The zero-order valence-electron chi connectivity index (χ0n) is 9.85. The highest BCUT2D eigenvalue weighted by Gasteiger charge is 2.11. The van der Waals surface area contributed by atoms with E-state index in [0.717, 1.165) is 30.9 Å². The zero-order valence-corrected chi connectivity index (χ0v) is 9.85. The van der Waals surface area contributed by atoms with Crippen molar-refractivity contribution in [1.82, 2.24) is 4.98 Å². The highest BCUT2D eigenvalue weighted by atomic mass is 16.3. The minimum absolute atomic E-state index is 0.440. The van der Waals surface area contributed by atoms with E-state index in [1.165, 1.54) is 5.57 Å². The maximum absolute atomic E-state index is 9.40. The molecule has 1 aromatic rings. The van der Waals surface area contributed by atoms with Gasteiger partial charge in [-0.05, 0) is 31.9 Å². The molecule has 2 rings (SSSR count). The molecule has 3 heteroatoms. The summed E-state index contributed by atoms with van der Waals surface area (Å²) in [6.45, 7) is 5.89. The minimum atomic E-state index is -0.440. The Morgan fingerprint density at radius 2 is 2.25 bits per heavy atom. The molecule has 0 radical (unpaired) electrons. The Labute approximate surface area is 96.4 Å². The van der Waals surface area contributed by atoms with E-state index in [2.05, 4.69) is 22.9 Å². The standard InChI is InChI=1S/C13H18N2O/c1-10-5-7-15(8-6-10)13-4-3-12(9-14-13)11(2)16/h3-5,9,11,16H,6-8H2,1-2H3. The molecule has 0 saturated heterocycles. The van der Waals surface area contributed by atoms with Crippen molar-refractivity contribution in [1.29, 1.82) is 0 Å². The summed E-state index contributed by atoms with van der Waals surface area (Å²) in [6, 6.07) is 3.93. The number of nitrogens with zero attached hydrogens (tertiary/aromatic N) is 2. The lowest BCUT2D eigenvalue weighted by Crippen LogP contribution is -2.28. The fourth-order valence-corrected chi connectivity index (χ4v) is 1.81. The number of hydrogen-bond acceptors (Lipinski definition) is 3. The van der Waals surface area contributed by atoms with E-state index < -0.39 is 6.10 Å². The van der Waals surface area contributed by atoms with Gasteiger partial charge in [0.15, 0.2) is 0 Å². The molecule has 0 bridgehead atoms. The van der Waals surface area contributed by atoms with Crippen LogP contribution >= 0.6 is 0 Å². The quantitative estimate of drug-likeness (QED) is 0.774. The van der Waals surface area contributed by atoms with Crippen molar-refractivity contribution in [3.63, 3.8) is 0 Å². The lowest BCUT2D eigenvalue weighted by molar-refractivity contribution is 0.199. The number of anilines is 1. The Balaban J connectivity index is 2.10. The molecule has 1 aliphatic rings. The number of aliphatic hydroxyl groups is 1. The van der Waals surface area contributed by atoms with Crippen LogP contribution in [0.15, 0.2) is 30.0 Å². The van der Waals surface area contributed by atoms with Gasteiger partial charge in [-0.15, -0.1) is 0 Å². The number of rotatable bonds is 2. The van der Waals surface area contributed by atoms with Gasteiger partial charge >= 0.3 is 0 Å². The van der Waals surface area contributed by atoms with Crippen LogP contribution in [-0.4, -0.2) is 23.2 Å². The van der Waals surface area contributed by atoms with Crippen molar-refractivity contribution in [2.24, 2.45) is 0 Å². The van der Waals surface area contributed by atoms with E-state index >= 15 is 0 Å². The Kier molecular flexibility index (Phi) is 3.25. The van der Waals surface area contributed by atoms with Gasteiger partial charge < -0.3 is 10.0 Å². The summed E-state index contributed by atoms with van der Waals surface area (Å²) in [5.41, 5.74) is 2.32. The van der Waals surface area contributed by atoms with E-state index in [0.29, 0.717) is 0 Å².